The van der Waals surface area contributed by atoms with E-state index in [4.69, 9.17) is 43.1 Å². The van der Waals surface area contributed by atoms with Crippen molar-refractivity contribution in [1.29, 1.82) is 0 Å². The summed E-state index contributed by atoms with van der Waals surface area (Å²) in [6, 6.07) is 85.5. The maximum absolute atomic E-state index is 12.0. The van der Waals surface area contributed by atoms with Gasteiger partial charge in [0.25, 0.3) is 0 Å². The number of carboxylic acid groups (broad SMARTS) is 2. The summed E-state index contributed by atoms with van der Waals surface area (Å²) >= 11 is 5.04. The zero-order valence-corrected chi connectivity index (χ0v) is 53.3. The topological polar surface area (TPSA) is 164 Å². The summed E-state index contributed by atoms with van der Waals surface area (Å²) in [5, 5.41) is 36.0. The summed E-state index contributed by atoms with van der Waals surface area (Å²) in [5.74, 6) is -2.00. The fourth-order valence-electron chi connectivity index (χ4n) is 8.09. The average molecular weight is 1410 g/mol. The van der Waals surface area contributed by atoms with Crippen molar-refractivity contribution in [2.75, 3.05) is 0 Å². The molecule has 1 radical (unpaired) electrons. The largest absolute Gasteiger partial charge is 0.0622 e. The van der Waals surface area contributed by atoms with Crippen molar-refractivity contribution >= 4 is 147 Å². The number of halogens is 3. The Balaban J connectivity index is 0.000000172. The van der Waals surface area contributed by atoms with Crippen molar-refractivity contribution in [3.05, 3.63) is 301 Å². The Morgan fingerprint density at radius 1 is 0.488 bits per heavy atom. The van der Waals surface area contributed by atoms with Crippen LogP contribution in [-0.4, -0.2) is 34.9 Å². The maximum atomic E-state index is 12.0. The molecule has 4 aromatic heterocycles. The Morgan fingerprint density at radius 3 is 1.16 bits per heavy atom. The van der Waals surface area contributed by atoms with Crippen molar-refractivity contribution in [3.63, 3.8) is 0 Å². The van der Waals surface area contributed by atoms with Gasteiger partial charge in [-0.25, -0.2) is 19.2 Å². The number of aromatic carboxylic acids is 2. The van der Waals surface area contributed by atoms with Crippen molar-refractivity contribution in [1.82, 2.24) is 0 Å². The third-order valence-corrected chi connectivity index (χ3v) is 19.4. The molecule has 0 aliphatic heterocycles. The molecule has 12 aromatic rings. The predicted octanol–water partition coefficient (Wildman–Crippen LogP) is 15.6. The van der Waals surface area contributed by atoms with E-state index < -0.39 is 33.4 Å². The average Bonchev–Trinajstić information content (AvgIpc) is 2.38. The van der Waals surface area contributed by atoms with Crippen LogP contribution in [-0.2, 0) is 15.9 Å². The molecule has 3 N–H and O–H groups in total. The number of thiophene rings is 2. The first-order chi connectivity index (χ1) is 41.3. The molecular weight excluding hydrogens is 1360 g/mol. The molecular formula is C67H55BBrCl2O10P2PdS2. The first kappa shape index (κ1) is 68.0. The van der Waals surface area contributed by atoms with Crippen LogP contribution in [0.1, 0.15) is 37.9 Å². The molecule has 10 nitrogen and oxygen atoms in total. The number of hydrogen-bond donors (Lipinski definition) is 3. The second-order valence-electron chi connectivity index (χ2n) is 17.8. The normalized spacial score (nSPS) is 10.2. The molecule has 0 aliphatic rings. The second kappa shape index (κ2) is 35.5. The number of hydrogen-bond acceptors (Lipinski definition) is 10. The van der Waals surface area contributed by atoms with Crippen molar-refractivity contribution in [2.24, 2.45) is 0 Å². The van der Waals surface area contributed by atoms with Crippen molar-refractivity contribution in [3.8, 4) is 15.5 Å². The summed E-state index contributed by atoms with van der Waals surface area (Å²) in [5.41, 5.74) is 2.86. The van der Waals surface area contributed by atoms with Crippen LogP contribution in [0.4, 0.5) is 0 Å². The van der Waals surface area contributed by atoms with Gasteiger partial charge < -0.3 is 28.7 Å². The molecule has 0 amide bonds. The zero-order chi connectivity index (χ0) is 60.5. The Hall–Kier alpha value is -7.07. The summed E-state index contributed by atoms with van der Waals surface area (Å²) in [6.07, 6.45) is 0. The zero-order valence-electron chi connectivity index (χ0n) is 45.2. The Labute approximate surface area is 534 Å². The monoisotopic (exact) mass is 1410 g/mol. The van der Waals surface area contributed by atoms with Gasteiger partial charge in [-0.3, -0.25) is 0 Å². The Bertz CT molecular complexity index is 3850. The van der Waals surface area contributed by atoms with E-state index in [1.807, 2.05) is 44.2 Å². The first-order valence-corrected chi connectivity index (χ1v) is 34.6. The number of fused-ring (bicyclic) bond motifs is 2. The summed E-state index contributed by atoms with van der Waals surface area (Å²) < 4.78 is 15.4. The van der Waals surface area contributed by atoms with E-state index in [0.29, 0.717) is 38.8 Å². The van der Waals surface area contributed by atoms with Gasteiger partial charge in [-0.15, -0.1) is 11.3 Å². The fraction of sp³-hybridized carbons (Fsp3) is 0.0448. The van der Waals surface area contributed by atoms with Gasteiger partial charge in [0.05, 0.1) is 5.56 Å². The molecule has 0 aliphatic carbocycles. The molecule has 8 aromatic carbocycles. The smallest absolute Gasteiger partial charge is 0.0134 e. The standard InChI is InChI=1S/2C18H15P.C15H10O4S.C10H7BrO2.C5H4BO4S.CH4.2ClH.Pd/c2*1-4-10-16(11-5-1)19(17-12-6-2-7-13-17)18-14-8-3-9-15-18;1-8-2-3-9-7-10(15(18)19-11(9)6-8)12-4-5-13(20-12)14(16)17;1-6-2-3-7-5-8(11)10(12)13-9(7)4-6;7-5(8)3-1-2-4(11-3)10-6-9;;;;/h2*1-15H;2-7H,1H3,(H,16,17);2-5H,1H3;1-2,9H,(H,7,8);1H4;2*1H;/q;;;;;;;;+2/p-2. The molecule has 0 fully saturated rings. The minimum absolute atomic E-state index is 0. The molecule has 0 spiro atoms. The van der Waals surface area contributed by atoms with E-state index in [2.05, 4.69) is 203 Å². The molecule has 86 heavy (non-hydrogen) atoms. The summed E-state index contributed by atoms with van der Waals surface area (Å²) in [6.45, 7) is 3.88. The van der Waals surface area contributed by atoms with Gasteiger partial charge in [-0.05, 0) is 137 Å². The Morgan fingerprint density at radius 2 is 0.826 bits per heavy atom. The Kier molecular flexibility index (Phi) is 28.1. The molecule has 0 unspecified atom stereocenters. The van der Waals surface area contributed by atoms with E-state index >= 15 is 0 Å². The van der Waals surface area contributed by atoms with E-state index in [9.17, 15) is 19.2 Å². The molecule has 0 atom stereocenters. The SMILES string of the molecule is C.Cc1ccc2cc(-c3ccc(C(=O)O)s3)c(=O)oc2c1.Cc1ccc2cc(Br)c(=O)oc2c1.O=C(O)c1ccc(O[B]O)s1.[Cl][Pd][Cl].c1ccc(P(c2ccccc2)c2ccccc2)cc1.c1ccc(P(c2ccccc2)c2ccccc2)cc1. The van der Waals surface area contributed by atoms with Crippen LogP contribution in [0.15, 0.2) is 278 Å². The third kappa shape index (κ3) is 20.3. The molecule has 0 bridgehead atoms. The number of carboxylic acids is 2. The van der Waals surface area contributed by atoms with Crippen LogP contribution < -0.4 is 47.7 Å². The molecule has 439 valence electrons. The van der Waals surface area contributed by atoms with Crippen molar-refractivity contribution in [2.45, 2.75) is 21.3 Å². The van der Waals surface area contributed by atoms with Gasteiger partial charge in [-0.1, -0.05) is 225 Å². The minimum Gasteiger partial charge on any atom is -0.0622 e. The van der Waals surface area contributed by atoms with E-state index in [-0.39, 0.29) is 38.7 Å². The van der Waals surface area contributed by atoms with E-state index in [1.165, 1.54) is 50.0 Å². The molecule has 12 rings (SSSR count). The van der Waals surface area contributed by atoms with Gasteiger partial charge in [-0.2, -0.15) is 0 Å². The number of aryl methyl sites for hydroxylation is 2. The van der Waals surface area contributed by atoms with Crippen molar-refractivity contribution < 1.29 is 54.3 Å². The second-order valence-corrected chi connectivity index (χ2v) is 27.5. The molecule has 0 saturated heterocycles. The number of benzene rings is 8. The quantitative estimate of drug-likeness (QED) is 0.0645. The number of carbonyl (C=O) groups is 2. The van der Waals surface area contributed by atoms with Crippen LogP contribution in [0.3, 0.4) is 0 Å². The van der Waals surface area contributed by atoms with Crippen LogP contribution in [0.5, 0.6) is 5.06 Å². The maximum Gasteiger partial charge on any atom is -0.0134 e. The number of rotatable bonds is 11. The van der Waals surface area contributed by atoms with Crippen LogP contribution >= 0.6 is 73.5 Å². The van der Waals surface area contributed by atoms with Crippen LogP contribution in [0.25, 0.3) is 32.4 Å². The third-order valence-electron chi connectivity index (χ3n) is 11.9. The van der Waals surface area contributed by atoms with Gasteiger partial charge in [0.15, 0.2) is 5.06 Å². The fourth-order valence-corrected chi connectivity index (χ4v) is 14.5. The predicted molar refractivity (Wildman–Crippen MR) is 361 cm³/mol. The van der Waals surface area contributed by atoms with E-state index in [0.717, 1.165) is 44.6 Å². The van der Waals surface area contributed by atoms with Gasteiger partial charge in [0.1, 0.15) is 25.4 Å². The first-order valence-electron chi connectivity index (χ1n) is 25.5. The molecule has 4 heterocycles. The summed E-state index contributed by atoms with van der Waals surface area (Å²) in [4.78, 5) is 45.3. The van der Waals surface area contributed by atoms with Gasteiger partial charge in [0.2, 0.25) is 0 Å². The minimum atomic E-state index is -0.998. The summed E-state index contributed by atoms with van der Waals surface area (Å²) in [7, 11) is 9.25. The van der Waals surface area contributed by atoms with Crippen LogP contribution in [0, 0.1) is 13.8 Å². The van der Waals surface area contributed by atoms with E-state index in [1.54, 1.807) is 24.3 Å². The van der Waals surface area contributed by atoms with Gasteiger partial charge in [0, 0.05) is 15.6 Å². The van der Waals surface area contributed by atoms with Crippen LogP contribution in [0.2, 0.25) is 0 Å². The molecule has 19 heteroatoms. The molecule has 0 saturated carbocycles. The van der Waals surface area contributed by atoms with Gasteiger partial charge >= 0.3 is 65.9 Å².